The molecule has 2 rings (SSSR count). The van der Waals surface area contributed by atoms with E-state index in [1.807, 2.05) is 12.1 Å². The number of halogens is 5. The van der Waals surface area contributed by atoms with Gasteiger partial charge in [0.2, 0.25) is 0 Å². The second-order valence-corrected chi connectivity index (χ2v) is 6.26. The molecule has 132 valence electrons. The van der Waals surface area contributed by atoms with E-state index >= 15 is 0 Å². The summed E-state index contributed by atoms with van der Waals surface area (Å²) >= 11 is 3.37. The van der Waals surface area contributed by atoms with Gasteiger partial charge in [-0.3, -0.25) is 4.90 Å². The highest BCUT2D eigenvalue weighted by Crippen LogP contribution is 2.37. The zero-order chi connectivity index (χ0) is 16.2. The fraction of sp³-hybridized carbons (Fsp3) is 0.600. The first-order chi connectivity index (χ1) is 10.4. The average molecular weight is 418 g/mol. The van der Waals surface area contributed by atoms with Crippen molar-refractivity contribution in [2.75, 3.05) is 33.3 Å². The Hall–Kier alpha value is -0.500. The molecule has 1 heterocycles. The van der Waals surface area contributed by atoms with Crippen molar-refractivity contribution in [3.8, 4) is 5.75 Å². The largest absolute Gasteiger partial charge is 0.496 e. The molecule has 0 bridgehead atoms. The number of hydrogen-bond acceptors (Lipinski definition) is 3. The van der Waals surface area contributed by atoms with Gasteiger partial charge in [0.15, 0.2) is 0 Å². The predicted molar refractivity (Wildman–Crippen MR) is 90.4 cm³/mol. The maximum absolute atomic E-state index is 12.7. The van der Waals surface area contributed by atoms with E-state index in [0.29, 0.717) is 5.75 Å². The van der Waals surface area contributed by atoms with Crippen LogP contribution in [0.1, 0.15) is 24.4 Å². The molecule has 1 aromatic carbocycles. The summed E-state index contributed by atoms with van der Waals surface area (Å²) in [6.45, 7) is 3.06. The van der Waals surface area contributed by atoms with Crippen molar-refractivity contribution in [3.63, 3.8) is 0 Å². The minimum Gasteiger partial charge on any atom is -0.496 e. The highest BCUT2D eigenvalue weighted by Gasteiger charge is 2.32. The van der Waals surface area contributed by atoms with Crippen molar-refractivity contribution in [2.24, 2.45) is 0 Å². The van der Waals surface area contributed by atoms with Crippen LogP contribution in [-0.4, -0.2) is 44.4 Å². The van der Waals surface area contributed by atoms with Crippen molar-refractivity contribution >= 4 is 28.3 Å². The van der Waals surface area contributed by atoms with E-state index in [9.17, 15) is 13.2 Å². The lowest BCUT2D eigenvalue weighted by Gasteiger charge is -2.36. The normalized spacial score (nSPS) is 17.4. The smallest absolute Gasteiger partial charge is 0.389 e. The van der Waals surface area contributed by atoms with E-state index in [2.05, 4.69) is 26.1 Å². The first-order valence-electron chi connectivity index (χ1n) is 7.25. The molecule has 1 N–H and O–H groups in total. The Bertz CT molecular complexity index is 496. The fourth-order valence-corrected chi connectivity index (χ4v) is 3.13. The topological polar surface area (TPSA) is 24.5 Å². The van der Waals surface area contributed by atoms with Crippen LogP contribution in [0.15, 0.2) is 22.7 Å². The number of nitrogens with zero attached hydrogens (tertiary/aromatic N) is 1. The summed E-state index contributed by atoms with van der Waals surface area (Å²) in [7, 11) is 1.55. The van der Waals surface area contributed by atoms with Crippen molar-refractivity contribution in [2.45, 2.75) is 25.1 Å². The number of nitrogens with one attached hydrogen (secondary N) is 1. The number of methoxy groups -OCH3 is 1. The number of hydrogen-bond donors (Lipinski definition) is 1. The van der Waals surface area contributed by atoms with Crippen LogP contribution in [0.5, 0.6) is 5.75 Å². The molecule has 1 aromatic rings. The van der Waals surface area contributed by atoms with E-state index < -0.39 is 12.6 Å². The first kappa shape index (κ1) is 20.5. The number of piperazine rings is 1. The molecule has 0 amide bonds. The van der Waals surface area contributed by atoms with E-state index in [-0.39, 0.29) is 24.9 Å². The fourth-order valence-electron chi connectivity index (χ4n) is 2.79. The number of alkyl halides is 3. The Morgan fingerprint density at radius 2 is 1.96 bits per heavy atom. The molecule has 0 aromatic heterocycles. The van der Waals surface area contributed by atoms with Crippen LogP contribution < -0.4 is 10.1 Å². The van der Waals surface area contributed by atoms with Gasteiger partial charge in [-0.2, -0.15) is 13.2 Å². The summed E-state index contributed by atoms with van der Waals surface area (Å²) < 4.78 is 44.3. The minimum atomic E-state index is -4.14. The van der Waals surface area contributed by atoms with Crippen molar-refractivity contribution in [1.29, 1.82) is 0 Å². The first-order valence-corrected chi connectivity index (χ1v) is 8.05. The third-order valence-corrected chi connectivity index (χ3v) is 4.34. The quantitative estimate of drug-likeness (QED) is 0.778. The lowest BCUT2D eigenvalue weighted by atomic mass is 9.98. The molecule has 1 aliphatic heterocycles. The van der Waals surface area contributed by atoms with Gasteiger partial charge in [0, 0.05) is 48.7 Å². The zero-order valence-electron chi connectivity index (χ0n) is 12.8. The van der Waals surface area contributed by atoms with E-state index in [1.165, 1.54) is 0 Å². The van der Waals surface area contributed by atoms with Crippen LogP contribution >= 0.6 is 28.3 Å². The molecule has 0 spiro atoms. The monoisotopic (exact) mass is 416 g/mol. The Labute approximate surface area is 149 Å². The molecule has 1 saturated heterocycles. The van der Waals surface area contributed by atoms with Gasteiger partial charge in [0.1, 0.15) is 5.75 Å². The minimum absolute atomic E-state index is 0. The molecule has 1 aliphatic rings. The second kappa shape index (κ2) is 9.11. The van der Waals surface area contributed by atoms with Gasteiger partial charge < -0.3 is 10.1 Å². The van der Waals surface area contributed by atoms with E-state index in [0.717, 1.165) is 36.2 Å². The standard InChI is InChI=1S/C15H20BrF3N2O.ClH/c1-22-14-10-11(16)2-3-12(14)13(4-5-15(17,18)19)21-8-6-20-7-9-21;/h2-3,10,13,20H,4-9H2,1H3;1H/t13-;/m0./s1. The molecule has 1 fully saturated rings. The summed E-state index contributed by atoms with van der Waals surface area (Å²) in [5.41, 5.74) is 0.817. The van der Waals surface area contributed by atoms with E-state index in [1.54, 1.807) is 13.2 Å². The average Bonchev–Trinajstić information content (AvgIpc) is 2.48. The zero-order valence-corrected chi connectivity index (χ0v) is 15.2. The second-order valence-electron chi connectivity index (χ2n) is 5.34. The van der Waals surface area contributed by atoms with Crippen LogP contribution in [0.3, 0.4) is 0 Å². The van der Waals surface area contributed by atoms with Gasteiger partial charge in [0.05, 0.1) is 7.11 Å². The number of benzene rings is 1. The third kappa shape index (κ3) is 6.14. The molecule has 0 unspecified atom stereocenters. The molecular formula is C15H21BrClF3N2O. The van der Waals surface area contributed by atoms with Gasteiger partial charge in [-0.25, -0.2) is 0 Å². The number of ether oxygens (including phenoxy) is 1. The van der Waals surface area contributed by atoms with Crippen molar-refractivity contribution in [1.82, 2.24) is 10.2 Å². The van der Waals surface area contributed by atoms with Crippen LogP contribution in [0.2, 0.25) is 0 Å². The summed E-state index contributed by atoms with van der Waals surface area (Å²) in [5.74, 6) is 0.625. The highest BCUT2D eigenvalue weighted by atomic mass is 79.9. The highest BCUT2D eigenvalue weighted by molar-refractivity contribution is 9.10. The molecule has 0 saturated carbocycles. The van der Waals surface area contributed by atoms with Crippen LogP contribution in [0.25, 0.3) is 0 Å². The molecule has 23 heavy (non-hydrogen) atoms. The molecule has 1 atom stereocenters. The lowest BCUT2D eigenvalue weighted by molar-refractivity contribution is -0.138. The molecule has 0 radical (unpaired) electrons. The summed E-state index contributed by atoms with van der Waals surface area (Å²) in [6, 6.07) is 5.22. The molecule has 8 heteroatoms. The van der Waals surface area contributed by atoms with Gasteiger partial charge in [-0.05, 0) is 18.6 Å². The lowest BCUT2D eigenvalue weighted by Crippen LogP contribution is -2.45. The Balaban J connectivity index is 0.00000264. The van der Waals surface area contributed by atoms with Crippen LogP contribution in [0.4, 0.5) is 13.2 Å². The van der Waals surface area contributed by atoms with Gasteiger partial charge in [0.25, 0.3) is 0 Å². The Morgan fingerprint density at radius 1 is 1.30 bits per heavy atom. The summed E-state index contributed by atoms with van der Waals surface area (Å²) in [4.78, 5) is 2.11. The van der Waals surface area contributed by atoms with Gasteiger partial charge in [-0.15, -0.1) is 12.4 Å². The predicted octanol–water partition coefficient (Wildman–Crippen LogP) is 4.17. The Kier molecular flexibility index (Phi) is 8.13. The third-order valence-electron chi connectivity index (χ3n) is 3.85. The number of rotatable bonds is 5. The van der Waals surface area contributed by atoms with Gasteiger partial charge >= 0.3 is 6.18 Å². The summed E-state index contributed by atoms with van der Waals surface area (Å²) in [6.07, 6.45) is -4.89. The van der Waals surface area contributed by atoms with Crippen LogP contribution in [-0.2, 0) is 0 Å². The van der Waals surface area contributed by atoms with Crippen LogP contribution in [0, 0.1) is 0 Å². The van der Waals surface area contributed by atoms with Crippen molar-refractivity contribution in [3.05, 3.63) is 28.2 Å². The van der Waals surface area contributed by atoms with Gasteiger partial charge in [-0.1, -0.05) is 22.0 Å². The summed E-state index contributed by atoms with van der Waals surface area (Å²) in [5, 5.41) is 3.23. The molecular weight excluding hydrogens is 397 g/mol. The van der Waals surface area contributed by atoms with E-state index in [4.69, 9.17) is 4.74 Å². The maximum atomic E-state index is 12.7. The Morgan fingerprint density at radius 3 is 2.52 bits per heavy atom. The molecule has 0 aliphatic carbocycles. The SMILES string of the molecule is COc1cc(Br)ccc1[C@H](CCC(F)(F)F)N1CCNCC1.Cl. The molecule has 3 nitrogen and oxygen atoms in total. The maximum Gasteiger partial charge on any atom is 0.389 e. The van der Waals surface area contributed by atoms with Crippen molar-refractivity contribution < 1.29 is 17.9 Å².